The van der Waals surface area contributed by atoms with Crippen molar-refractivity contribution >= 4 is 10.9 Å². The van der Waals surface area contributed by atoms with E-state index < -0.39 is 0 Å². The summed E-state index contributed by atoms with van der Waals surface area (Å²) < 4.78 is 2.34. The molecule has 2 heteroatoms. The van der Waals surface area contributed by atoms with E-state index in [0.717, 1.165) is 0 Å². The molecule has 0 amide bonds. The van der Waals surface area contributed by atoms with E-state index in [1.54, 1.807) is 0 Å². The smallest absolute Gasteiger partial charge is 0.0566 e. The fourth-order valence-corrected chi connectivity index (χ4v) is 2.57. The van der Waals surface area contributed by atoms with Gasteiger partial charge in [-0.1, -0.05) is 18.2 Å². The molecule has 2 rings (SSSR count). The number of aliphatic hydroxyl groups excluding tert-OH is 1. The average Bonchev–Trinajstić information content (AvgIpc) is 2.56. The highest BCUT2D eigenvalue weighted by Gasteiger charge is 2.14. The van der Waals surface area contributed by atoms with Gasteiger partial charge in [0.25, 0.3) is 0 Å². The van der Waals surface area contributed by atoms with Gasteiger partial charge in [-0.05, 0) is 39.3 Å². The number of aryl methyl sites for hydroxylation is 1. The maximum atomic E-state index is 9.59. The predicted molar refractivity (Wildman–Crippen MR) is 72.4 cm³/mol. The van der Waals surface area contributed by atoms with Crippen LogP contribution in [0.15, 0.2) is 24.3 Å². The van der Waals surface area contributed by atoms with Gasteiger partial charge in [-0.3, -0.25) is 0 Å². The second kappa shape index (κ2) is 4.53. The lowest BCUT2D eigenvalue weighted by Crippen LogP contribution is -2.12. The summed E-state index contributed by atoms with van der Waals surface area (Å²) in [6.45, 7) is 8.37. The molecule has 17 heavy (non-hydrogen) atoms. The largest absolute Gasteiger partial charge is 0.393 e. The zero-order chi connectivity index (χ0) is 12.6. The SMILES string of the molecule is Cc1cccc2cc(CC(C)O)n(C(C)C)c12. The van der Waals surface area contributed by atoms with Gasteiger partial charge in [0.2, 0.25) is 0 Å². The van der Waals surface area contributed by atoms with Crippen LogP contribution in [0.4, 0.5) is 0 Å². The minimum absolute atomic E-state index is 0.294. The van der Waals surface area contributed by atoms with E-state index in [4.69, 9.17) is 0 Å². The van der Waals surface area contributed by atoms with Crippen LogP contribution in [0.2, 0.25) is 0 Å². The summed E-state index contributed by atoms with van der Waals surface area (Å²) in [6, 6.07) is 9.01. The van der Waals surface area contributed by atoms with Crippen molar-refractivity contribution < 1.29 is 5.11 Å². The van der Waals surface area contributed by atoms with Crippen LogP contribution < -0.4 is 0 Å². The topological polar surface area (TPSA) is 25.2 Å². The van der Waals surface area contributed by atoms with Crippen LogP contribution >= 0.6 is 0 Å². The first-order chi connectivity index (χ1) is 8.00. The summed E-state index contributed by atoms with van der Waals surface area (Å²) in [6.07, 6.45) is 0.420. The molecular formula is C15H21NO. The molecule has 0 aliphatic rings. The second-order valence-corrected chi connectivity index (χ2v) is 5.17. The number of fused-ring (bicyclic) bond motifs is 1. The van der Waals surface area contributed by atoms with Gasteiger partial charge in [-0.25, -0.2) is 0 Å². The van der Waals surface area contributed by atoms with Crippen molar-refractivity contribution in [2.45, 2.75) is 46.3 Å². The summed E-state index contributed by atoms with van der Waals surface area (Å²) in [5.41, 5.74) is 3.82. The number of hydrogen-bond donors (Lipinski definition) is 1. The van der Waals surface area contributed by atoms with Gasteiger partial charge in [0.15, 0.2) is 0 Å². The monoisotopic (exact) mass is 231 g/mol. The quantitative estimate of drug-likeness (QED) is 0.860. The van der Waals surface area contributed by atoms with Crippen LogP contribution in [-0.2, 0) is 6.42 Å². The maximum Gasteiger partial charge on any atom is 0.0566 e. The lowest BCUT2D eigenvalue weighted by Gasteiger charge is -2.16. The Labute approximate surface area is 103 Å². The molecule has 0 saturated carbocycles. The zero-order valence-electron chi connectivity index (χ0n) is 11.1. The molecule has 1 aromatic carbocycles. The number of benzene rings is 1. The Hall–Kier alpha value is -1.28. The molecule has 0 radical (unpaired) electrons. The molecule has 2 nitrogen and oxygen atoms in total. The van der Waals surface area contributed by atoms with Gasteiger partial charge < -0.3 is 9.67 Å². The Balaban J connectivity index is 2.67. The van der Waals surface area contributed by atoms with Crippen LogP contribution in [0.3, 0.4) is 0 Å². The molecule has 0 spiro atoms. The summed E-state index contributed by atoms with van der Waals surface area (Å²) >= 11 is 0. The highest BCUT2D eigenvalue weighted by atomic mass is 16.3. The van der Waals surface area contributed by atoms with E-state index in [2.05, 4.69) is 49.6 Å². The molecule has 1 N–H and O–H groups in total. The number of aliphatic hydroxyl groups is 1. The number of para-hydroxylation sites is 1. The first-order valence-electron chi connectivity index (χ1n) is 6.28. The minimum Gasteiger partial charge on any atom is -0.393 e. The standard InChI is InChI=1S/C15H21NO/c1-10(2)16-14(8-12(4)17)9-13-7-5-6-11(3)15(13)16/h5-7,9-10,12,17H,8H2,1-4H3. The van der Waals surface area contributed by atoms with Crippen molar-refractivity contribution in [1.82, 2.24) is 4.57 Å². The lowest BCUT2D eigenvalue weighted by atomic mass is 10.1. The molecule has 0 bridgehead atoms. The first kappa shape index (κ1) is 12.2. The predicted octanol–water partition coefficient (Wildman–Crippen LogP) is 3.45. The highest BCUT2D eigenvalue weighted by molar-refractivity contribution is 5.84. The Morgan fingerprint density at radius 1 is 1.24 bits per heavy atom. The van der Waals surface area contributed by atoms with E-state index in [1.807, 2.05) is 6.92 Å². The second-order valence-electron chi connectivity index (χ2n) is 5.17. The summed E-state index contributed by atoms with van der Waals surface area (Å²) in [5, 5.41) is 10.9. The van der Waals surface area contributed by atoms with Gasteiger partial charge in [0.05, 0.1) is 11.6 Å². The van der Waals surface area contributed by atoms with E-state index in [-0.39, 0.29) is 6.10 Å². The molecule has 0 saturated heterocycles. The molecular weight excluding hydrogens is 210 g/mol. The Bertz CT molecular complexity index is 523. The van der Waals surface area contributed by atoms with E-state index in [9.17, 15) is 5.11 Å². The Morgan fingerprint density at radius 2 is 1.94 bits per heavy atom. The van der Waals surface area contributed by atoms with Crippen molar-refractivity contribution in [3.63, 3.8) is 0 Å². The number of rotatable bonds is 3. The summed E-state index contributed by atoms with van der Waals surface area (Å²) in [5.74, 6) is 0. The number of nitrogens with zero attached hydrogens (tertiary/aromatic N) is 1. The summed E-state index contributed by atoms with van der Waals surface area (Å²) in [7, 11) is 0. The maximum absolute atomic E-state index is 9.59. The Kier molecular flexibility index (Phi) is 3.25. The molecule has 1 atom stereocenters. The third-order valence-electron chi connectivity index (χ3n) is 3.16. The van der Waals surface area contributed by atoms with Crippen molar-refractivity contribution in [2.24, 2.45) is 0 Å². The van der Waals surface area contributed by atoms with Crippen LogP contribution in [0, 0.1) is 6.92 Å². The van der Waals surface area contributed by atoms with Crippen LogP contribution in [-0.4, -0.2) is 15.8 Å². The van der Waals surface area contributed by atoms with Gasteiger partial charge in [-0.15, -0.1) is 0 Å². The normalized spacial score (nSPS) is 13.5. The van der Waals surface area contributed by atoms with E-state index >= 15 is 0 Å². The van der Waals surface area contributed by atoms with Crippen molar-refractivity contribution in [2.75, 3.05) is 0 Å². The fourth-order valence-electron chi connectivity index (χ4n) is 2.57. The van der Waals surface area contributed by atoms with E-state index in [0.29, 0.717) is 12.5 Å². The van der Waals surface area contributed by atoms with Gasteiger partial charge in [-0.2, -0.15) is 0 Å². The third-order valence-corrected chi connectivity index (χ3v) is 3.16. The fraction of sp³-hybridized carbons (Fsp3) is 0.467. The molecule has 0 aliphatic heterocycles. The van der Waals surface area contributed by atoms with Crippen LogP contribution in [0.1, 0.15) is 38.1 Å². The van der Waals surface area contributed by atoms with Gasteiger partial charge in [0.1, 0.15) is 0 Å². The first-order valence-corrected chi connectivity index (χ1v) is 6.28. The molecule has 0 aliphatic carbocycles. The third kappa shape index (κ3) is 2.22. The average molecular weight is 231 g/mol. The summed E-state index contributed by atoms with van der Waals surface area (Å²) in [4.78, 5) is 0. The van der Waals surface area contributed by atoms with Crippen LogP contribution in [0.25, 0.3) is 10.9 Å². The number of hydrogen-bond acceptors (Lipinski definition) is 1. The minimum atomic E-state index is -0.294. The van der Waals surface area contributed by atoms with Crippen molar-refractivity contribution in [3.8, 4) is 0 Å². The highest BCUT2D eigenvalue weighted by Crippen LogP contribution is 2.27. The molecule has 2 aromatic rings. The van der Waals surface area contributed by atoms with Gasteiger partial charge in [0, 0.05) is 23.5 Å². The molecule has 1 heterocycles. The lowest BCUT2D eigenvalue weighted by molar-refractivity contribution is 0.192. The Morgan fingerprint density at radius 3 is 2.53 bits per heavy atom. The molecule has 0 fully saturated rings. The van der Waals surface area contributed by atoms with Gasteiger partial charge >= 0.3 is 0 Å². The van der Waals surface area contributed by atoms with Crippen LogP contribution in [0.5, 0.6) is 0 Å². The number of aromatic nitrogens is 1. The van der Waals surface area contributed by atoms with Crippen molar-refractivity contribution in [1.29, 1.82) is 0 Å². The molecule has 1 unspecified atom stereocenters. The zero-order valence-corrected chi connectivity index (χ0v) is 11.1. The molecule has 1 aromatic heterocycles. The van der Waals surface area contributed by atoms with E-state index in [1.165, 1.54) is 22.2 Å². The molecule has 92 valence electrons. The van der Waals surface area contributed by atoms with Crippen molar-refractivity contribution in [3.05, 3.63) is 35.5 Å².